The number of nitrogens with zero attached hydrogens (tertiary/aromatic N) is 2. The van der Waals surface area contributed by atoms with E-state index >= 15 is 0 Å². The Balaban J connectivity index is 1.99. The van der Waals surface area contributed by atoms with Gasteiger partial charge in [-0.05, 0) is 25.5 Å². The van der Waals surface area contributed by atoms with Gasteiger partial charge in [-0.2, -0.15) is 0 Å². The van der Waals surface area contributed by atoms with Crippen molar-refractivity contribution in [3.05, 3.63) is 48.5 Å². The average molecular weight is 286 g/mol. The van der Waals surface area contributed by atoms with E-state index in [4.69, 9.17) is 0 Å². The van der Waals surface area contributed by atoms with Gasteiger partial charge < -0.3 is 15.2 Å². The Kier molecular flexibility index (Phi) is 5.37. The van der Waals surface area contributed by atoms with Crippen molar-refractivity contribution >= 4 is 11.6 Å². The summed E-state index contributed by atoms with van der Waals surface area (Å²) in [6.07, 6.45) is 6.39. The highest BCUT2D eigenvalue weighted by Gasteiger charge is 2.13. The summed E-state index contributed by atoms with van der Waals surface area (Å²) in [6, 6.07) is 7.63. The highest BCUT2D eigenvalue weighted by molar-refractivity contribution is 5.99. The van der Waals surface area contributed by atoms with E-state index in [0.717, 1.165) is 18.7 Å². The summed E-state index contributed by atoms with van der Waals surface area (Å²) in [5, 5.41) is 6.31. The van der Waals surface area contributed by atoms with Crippen LogP contribution < -0.4 is 10.6 Å². The standard InChI is InChI=1S/C16H22N4O/c1-3-8-18-15-7-5-4-6-14(15)16(21)19-13(2)11-20-10-9-17-12-20/h4-7,9-10,12-13,18H,3,8,11H2,1-2H3,(H,19,21). The number of amides is 1. The molecular formula is C16H22N4O. The molecule has 0 saturated carbocycles. The molecule has 5 heteroatoms. The number of hydrogen-bond acceptors (Lipinski definition) is 3. The summed E-state index contributed by atoms with van der Waals surface area (Å²) < 4.78 is 1.95. The van der Waals surface area contributed by atoms with Crippen molar-refractivity contribution in [1.29, 1.82) is 0 Å². The molecule has 1 unspecified atom stereocenters. The Morgan fingerprint density at radius 3 is 2.90 bits per heavy atom. The quantitative estimate of drug-likeness (QED) is 0.822. The number of para-hydroxylation sites is 1. The number of nitrogens with one attached hydrogen (secondary N) is 2. The van der Waals surface area contributed by atoms with E-state index in [1.807, 2.05) is 42.0 Å². The third-order valence-electron chi connectivity index (χ3n) is 3.16. The van der Waals surface area contributed by atoms with Gasteiger partial charge in [-0.15, -0.1) is 0 Å². The van der Waals surface area contributed by atoms with E-state index in [1.54, 1.807) is 12.5 Å². The molecule has 0 bridgehead atoms. The summed E-state index contributed by atoms with van der Waals surface area (Å²) in [5.74, 6) is -0.0539. The van der Waals surface area contributed by atoms with Gasteiger partial charge in [-0.1, -0.05) is 19.1 Å². The van der Waals surface area contributed by atoms with Gasteiger partial charge in [0, 0.05) is 37.2 Å². The normalized spacial score (nSPS) is 11.9. The molecule has 2 rings (SSSR count). The lowest BCUT2D eigenvalue weighted by molar-refractivity contribution is 0.0937. The molecule has 5 nitrogen and oxygen atoms in total. The van der Waals surface area contributed by atoms with Crippen LogP contribution in [0.3, 0.4) is 0 Å². The van der Waals surface area contributed by atoms with Crippen LogP contribution in [0.5, 0.6) is 0 Å². The van der Waals surface area contributed by atoms with Crippen molar-refractivity contribution in [2.45, 2.75) is 32.9 Å². The molecule has 2 aromatic rings. The van der Waals surface area contributed by atoms with Crippen LogP contribution in [0.1, 0.15) is 30.6 Å². The Labute approximate surface area is 125 Å². The lowest BCUT2D eigenvalue weighted by atomic mass is 10.1. The zero-order chi connectivity index (χ0) is 15.1. The second-order valence-electron chi connectivity index (χ2n) is 5.11. The number of benzene rings is 1. The lowest BCUT2D eigenvalue weighted by Crippen LogP contribution is -2.35. The van der Waals surface area contributed by atoms with Gasteiger partial charge in [0.2, 0.25) is 0 Å². The van der Waals surface area contributed by atoms with Crippen LogP contribution in [-0.4, -0.2) is 28.0 Å². The third-order valence-corrected chi connectivity index (χ3v) is 3.16. The SMILES string of the molecule is CCCNc1ccccc1C(=O)NC(C)Cn1ccnc1. The topological polar surface area (TPSA) is 59.0 Å². The van der Waals surface area contributed by atoms with E-state index in [9.17, 15) is 4.79 Å². The minimum Gasteiger partial charge on any atom is -0.384 e. The molecule has 0 radical (unpaired) electrons. The second-order valence-corrected chi connectivity index (χ2v) is 5.11. The molecule has 21 heavy (non-hydrogen) atoms. The highest BCUT2D eigenvalue weighted by atomic mass is 16.1. The molecule has 0 aliphatic heterocycles. The molecule has 0 aliphatic rings. The number of carbonyl (C=O) groups is 1. The van der Waals surface area contributed by atoms with Crippen molar-refractivity contribution in [2.24, 2.45) is 0 Å². The summed E-state index contributed by atoms with van der Waals surface area (Å²) in [4.78, 5) is 16.4. The Morgan fingerprint density at radius 2 is 2.19 bits per heavy atom. The van der Waals surface area contributed by atoms with E-state index in [0.29, 0.717) is 12.1 Å². The molecule has 1 aromatic carbocycles. The smallest absolute Gasteiger partial charge is 0.253 e. The van der Waals surface area contributed by atoms with Crippen LogP contribution in [-0.2, 0) is 6.54 Å². The maximum Gasteiger partial charge on any atom is 0.253 e. The van der Waals surface area contributed by atoms with E-state index in [2.05, 4.69) is 22.5 Å². The Morgan fingerprint density at radius 1 is 1.38 bits per heavy atom. The number of anilines is 1. The number of rotatable bonds is 7. The highest BCUT2D eigenvalue weighted by Crippen LogP contribution is 2.15. The summed E-state index contributed by atoms with van der Waals surface area (Å²) in [5.41, 5.74) is 1.56. The van der Waals surface area contributed by atoms with Gasteiger partial charge in [0.15, 0.2) is 0 Å². The monoisotopic (exact) mass is 286 g/mol. The average Bonchev–Trinajstić information content (AvgIpc) is 2.98. The maximum absolute atomic E-state index is 12.4. The van der Waals surface area contributed by atoms with Gasteiger partial charge in [0.05, 0.1) is 11.9 Å². The first-order valence-corrected chi connectivity index (χ1v) is 7.30. The van der Waals surface area contributed by atoms with Crippen LogP contribution in [0, 0.1) is 0 Å². The van der Waals surface area contributed by atoms with Crippen molar-refractivity contribution < 1.29 is 4.79 Å². The summed E-state index contributed by atoms with van der Waals surface area (Å²) in [7, 11) is 0. The van der Waals surface area contributed by atoms with Gasteiger partial charge >= 0.3 is 0 Å². The van der Waals surface area contributed by atoms with Crippen LogP contribution in [0.15, 0.2) is 43.0 Å². The van der Waals surface area contributed by atoms with Crippen LogP contribution in [0.4, 0.5) is 5.69 Å². The van der Waals surface area contributed by atoms with Gasteiger partial charge in [-0.25, -0.2) is 4.98 Å². The number of carbonyl (C=O) groups excluding carboxylic acids is 1. The number of aromatic nitrogens is 2. The fourth-order valence-electron chi connectivity index (χ4n) is 2.15. The molecular weight excluding hydrogens is 264 g/mol. The Bertz CT molecular complexity index is 565. The fourth-order valence-corrected chi connectivity index (χ4v) is 2.15. The molecule has 1 atom stereocenters. The zero-order valence-electron chi connectivity index (χ0n) is 12.5. The third kappa shape index (κ3) is 4.34. The van der Waals surface area contributed by atoms with Crippen molar-refractivity contribution in [2.75, 3.05) is 11.9 Å². The molecule has 0 saturated heterocycles. The largest absolute Gasteiger partial charge is 0.384 e. The van der Waals surface area contributed by atoms with Crippen LogP contribution in [0.25, 0.3) is 0 Å². The minimum absolute atomic E-state index is 0.0333. The fraction of sp³-hybridized carbons (Fsp3) is 0.375. The van der Waals surface area contributed by atoms with Gasteiger partial charge in [-0.3, -0.25) is 4.79 Å². The van der Waals surface area contributed by atoms with Crippen molar-refractivity contribution in [1.82, 2.24) is 14.9 Å². The summed E-state index contributed by atoms with van der Waals surface area (Å²) >= 11 is 0. The molecule has 1 amide bonds. The number of imidazole rings is 1. The Hall–Kier alpha value is -2.30. The van der Waals surface area contributed by atoms with Gasteiger partial charge in [0.1, 0.15) is 0 Å². The number of hydrogen-bond donors (Lipinski definition) is 2. The second kappa shape index (κ2) is 7.47. The first-order valence-electron chi connectivity index (χ1n) is 7.30. The summed E-state index contributed by atoms with van der Waals surface area (Å²) in [6.45, 7) is 5.65. The molecule has 1 aromatic heterocycles. The molecule has 0 aliphatic carbocycles. The predicted octanol–water partition coefficient (Wildman–Crippen LogP) is 2.52. The van der Waals surface area contributed by atoms with E-state index in [1.165, 1.54) is 0 Å². The van der Waals surface area contributed by atoms with Gasteiger partial charge in [0.25, 0.3) is 5.91 Å². The first kappa shape index (κ1) is 15.1. The van der Waals surface area contributed by atoms with Crippen molar-refractivity contribution in [3.8, 4) is 0 Å². The molecule has 0 fully saturated rings. The van der Waals surface area contributed by atoms with E-state index in [-0.39, 0.29) is 11.9 Å². The molecule has 0 spiro atoms. The predicted molar refractivity (Wildman–Crippen MR) is 84.4 cm³/mol. The zero-order valence-corrected chi connectivity index (χ0v) is 12.5. The van der Waals surface area contributed by atoms with Crippen LogP contribution >= 0.6 is 0 Å². The molecule has 1 heterocycles. The molecule has 2 N–H and O–H groups in total. The maximum atomic E-state index is 12.4. The van der Waals surface area contributed by atoms with E-state index < -0.39 is 0 Å². The first-order chi connectivity index (χ1) is 10.2. The minimum atomic E-state index is -0.0539. The lowest BCUT2D eigenvalue weighted by Gasteiger charge is -2.16. The van der Waals surface area contributed by atoms with Crippen molar-refractivity contribution in [3.63, 3.8) is 0 Å². The molecule has 112 valence electrons. The van der Waals surface area contributed by atoms with Crippen LogP contribution in [0.2, 0.25) is 0 Å².